The van der Waals surface area contributed by atoms with Crippen LogP contribution in [-0.2, 0) is 13.0 Å². The molecule has 36 heavy (non-hydrogen) atoms. The summed E-state index contributed by atoms with van der Waals surface area (Å²) in [6, 6.07) is 25.9. The second-order valence-electron chi connectivity index (χ2n) is 7.88. The van der Waals surface area contributed by atoms with Crippen LogP contribution in [0.15, 0.2) is 84.9 Å². The van der Waals surface area contributed by atoms with Crippen molar-refractivity contribution < 1.29 is 23.0 Å². The Balaban J connectivity index is 1.32. The highest BCUT2D eigenvalue weighted by molar-refractivity contribution is 5.91. The second-order valence-corrected chi connectivity index (χ2v) is 7.88. The first-order valence-corrected chi connectivity index (χ1v) is 10.9. The average molecular weight is 480 g/mol. The van der Waals surface area contributed by atoms with Crippen molar-refractivity contribution in [1.29, 1.82) is 10.5 Å². The van der Waals surface area contributed by atoms with Gasteiger partial charge in [0.05, 0.1) is 16.7 Å². The maximum Gasteiger partial charge on any atom is 0.343 e. The summed E-state index contributed by atoms with van der Waals surface area (Å²) in [5, 5.41) is 17.6. The number of carbonyl (C=O) groups excluding carboxylic acids is 1. The molecule has 0 aliphatic rings. The van der Waals surface area contributed by atoms with Crippen LogP contribution in [-0.4, -0.2) is 5.97 Å². The Kier molecular flexibility index (Phi) is 7.33. The molecule has 0 saturated carbocycles. The van der Waals surface area contributed by atoms with Gasteiger partial charge in [-0.1, -0.05) is 36.4 Å². The van der Waals surface area contributed by atoms with Crippen LogP contribution in [0.1, 0.15) is 38.2 Å². The van der Waals surface area contributed by atoms with Crippen molar-refractivity contribution in [2.24, 2.45) is 0 Å². The van der Waals surface area contributed by atoms with Gasteiger partial charge in [-0.25, -0.2) is 13.6 Å². The molecule has 176 valence electrons. The van der Waals surface area contributed by atoms with E-state index in [9.17, 15) is 13.6 Å². The van der Waals surface area contributed by atoms with Gasteiger partial charge in [-0.3, -0.25) is 0 Å². The predicted molar refractivity (Wildman–Crippen MR) is 127 cm³/mol. The average Bonchev–Trinajstić information content (AvgIpc) is 2.89. The van der Waals surface area contributed by atoms with Gasteiger partial charge >= 0.3 is 5.97 Å². The van der Waals surface area contributed by atoms with Crippen LogP contribution in [0.2, 0.25) is 0 Å². The molecule has 0 bridgehead atoms. The van der Waals surface area contributed by atoms with E-state index >= 15 is 0 Å². The molecule has 0 atom stereocenters. The number of hydrogen-bond donors (Lipinski definition) is 0. The van der Waals surface area contributed by atoms with Gasteiger partial charge in [0.25, 0.3) is 0 Å². The summed E-state index contributed by atoms with van der Waals surface area (Å²) >= 11 is 0. The third kappa shape index (κ3) is 5.91. The lowest BCUT2D eigenvalue weighted by atomic mass is 10.0. The van der Waals surface area contributed by atoms with Crippen molar-refractivity contribution in [3.63, 3.8) is 0 Å². The first-order chi connectivity index (χ1) is 17.4. The van der Waals surface area contributed by atoms with Gasteiger partial charge < -0.3 is 9.47 Å². The fraction of sp³-hybridized carbons (Fsp3) is 0.0690. The van der Waals surface area contributed by atoms with Gasteiger partial charge in [0, 0.05) is 12.1 Å². The number of hydrogen-bond acceptors (Lipinski definition) is 5. The lowest BCUT2D eigenvalue weighted by molar-refractivity contribution is 0.0734. The van der Waals surface area contributed by atoms with E-state index in [1.54, 1.807) is 30.3 Å². The number of nitrogens with zero attached hydrogens (tertiary/aromatic N) is 2. The molecule has 4 rings (SSSR count). The topological polar surface area (TPSA) is 83.1 Å². The minimum atomic E-state index is -0.751. The SMILES string of the molecule is N#Cc1ccc(OCc2ccc(Cc3ccc(C(=O)Oc4ccc(C#N)c(F)c4)cc3)cc2)cc1F. The van der Waals surface area contributed by atoms with Gasteiger partial charge in [-0.05, 0) is 59.5 Å². The third-order valence-corrected chi connectivity index (χ3v) is 5.36. The molecule has 0 N–H and O–H groups in total. The summed E-state index contributed by atoms with van der Waals surface area (Å²) in [6.45, 7) is 0.256. The molecule has 0 heterocycles. The molecular formula is C29H18F2N2O3. The van der Waals surface area contributed by atoms with Crippen molar-refractivity contribution in [2.75, 3.05) is 0 Å². The van der Waals surface area contributed by atoms with Crippen LogP contribution >= 0.6 is 0 Å². The Bertz CT molecular complexity index is 1490. The molecule has 0 unspecified atom stereocenters. The number of halogens is 2. The van der Waals surface area contributed by atoms with E-state index in [-0.39, 0.29) is 23.5 Å². The summed E-state index contributed by atoms with van der Waals surface area (Å²) in [5.41, 5.74) is 3.09. The molecule has 5 nitrogen and oxygen atoms in total. The normalized spacial score (nSPS) is 10.2. The zero-order valence-electron chi connectivity index (χ0n) is 18.9. The van der Waals surface area contributed by atoms with Crippen LogP contribution < -0.4 is 9.47 Å². The van der Waals surface area contributed by atoms with E-state index in [4.69, 9.17) is 20.0 Å². The van der Waals surface area contributed by atoms with E-state index in [1.165, 1.54) is 24.3 Å². The van der Waals surface area contributed by atoms with E-state index in [1.807, 2.05) is 36.4 Å². The fourth-order valence-electron chi connectivity index (χ4n) is 3.41. The summed E-state index contributed by atoms with van der Waals surface area (Å²) in [6.07, 6.45) is 0.637. The van der Waals surface area contributed by atoms with E-state index in [2.05, 4.69) is 0 Å². The molecule has 0 aromatic heterocycles. The second kappa shape index (κ2) is 10.9. The number of ether oxygens (including phenoxy) is 2. The van der Waals surface area contributed by atoms with Crippen LogP contribution in [0.25, 0.3) is 0 Å². The minimum absolute atomic E-state index is 0.0222. The number of rotatable bonds is 7. The van der Waals surface area contributed by atoms with Crippen molar-refractivity contribution in [3.05, 3.63) is 130 Å². The predicted octanol–water partition coefficient (Wildman–Crippen LogP) is 6.10. The van der Waals surface area contributed by atoms with Gasteiger partial charge in [0.1, 0.15) is 41.9 Å². The highest BCUT2D eigenvalue weighted by Crippen LogP contribution is 2.20. The zero-order valence-corrected chi connectivity index (χ0v) is 18.9. The van der Waals surface area contributed by atoms with Crippen LogP contribution in [0.5, 0.6) is 11.5 Å². The maximum atomic E-state index is 13.7. The number of carbonyl (C=O) groups is 1. The summed E-state index contributed by atoms with van der Waals surface area (Å²) in [7, 11) is 0. The first-order valence-electron chi connectivity index (χ1n) is 10.9. The van der Waals surface area contributed by atoms with Gasteiger partial charge in [0.2, 0.25) is 0 Å². The lowest BCUT2D eigenvalue weighted by Crippen LogP contribution is -2.08. The maximum absolute atomic E-state index is 13.7. The molecule has 0 radical (unpaired) electrons. The van der Waals surface area contributed by atoms with Crippen molar-refractivity contribution in [1.82, 2.24) is 0 Å². The van der Waals surface area contributed by atoms with E-state index in [0.717, 1.165) is 22.8 Å². The highest BCUT2D eigenvalue weighted by atomic mass is 19.1. The van der Waals surface area contributed by atoms with E-state index in [0.29, 0.717) is 17.7 Å². The molecule has 0 amide bonds. The molecular weight excluding hydrogens is 462 g/mol. The molecule has 0 saturated heterocycles. The van der Waals surface area contributed by atoms with Crippen molar-refractivity contribution >= 4 is 5.97 Å². The molecule has 4 aromatic carbocycles. The Labute approximate surface area is 206 Å². The van der Waals surface area contributed by atoms with Gasteiger partial charge in [0.15, 0.2) is 0 Å². The number of benzene rings is 4. The first kappa shape index (κ1) is 24.1. The molecule has 0 aliphatic heterocycles. The Hall–Kier alpha value is -5.01. The molecule has 7 heteroatoms. The lowest BCUT2D eigenvalue weighted by Gasteiger charge is -2.09. The smallest absolute Gasteiger partial charge is 0.343 e. The van der Waals surface area contributed by atoms with Crippen LogP contribution in [0.3, 0.4) is 0 Å². The fourth-order valence-corrected chi connectivity index (χ4v) is 3.41. The summed E-state index contributed by atoms with van der Waals surface area (Å²) in [4.78, 5) is 12.3. The van der Waals surface area contributed by atoms with Gasteiger partial charge in [-0.15, -0.1) is 0 Å². The van der Waals surface area contributed by atoms with Gasteiger partial charge in [-0.2, -0.15) is 10.5 Å². The highest BCUT2D eigenvalue weighted by Gasteiger charge is 2.11. The van der Waals surface area contributed by atoms with Crippen molar-refractivity contribution in [2.45, 2.75) is 13.0 Å². The standard InChI is InChI=1S/C29H18F2N2O3/c30-27-14-25(11-9-23(27)16-32)35-18-21-3-1-19(2-4-21)13-20-5-7-22(8-6-20)29(34)36-26-12-10-24(17-33)28(31)15-26/h1-12,14-15H,13,18H2. The third-order valence-electron chi connectivity index (χ3n) is 5.36. The molecule has 4 aromatic rings. The minimum Gasteiger partial charge on any atom is -0.489 e. The summed E-state index contributed by atoms with van der Waals surface area (Å²) in [5.74, 6) is -1.63. The van der Waals surface area contributed by atoms with Crippen molar-refractivity contribution in [3.8, 4) is 23.6 Å². The Morgan fingerprint density at radius 3 is 1.75 bits per heavy atom. The Morgan fingerprint density at radius 2 is 1.19 bits per heavy atom. The molecule has 0 aliphatic carbocycles. The summed E-state index contributed by atoms with van der Waals surface area (Å²) < 4.78 is 38.2. The largest absolute Gasteiger partial charge is 0.489 e. The molecule has 0 spiro atoms. The zero-order chi connectivity index (χ0) is 25.5. The molecule has 0 fully saturated rings. The Morgan fingerprint density at radius 1 is 0.694 bits per heavy atom. The number of nitriles is 2. The number of esters is 1. The van der Waals surface area contributed by atoms with Crippen LogP contribution in [0.4, 0.5) is 8.78 Å². The van der Waals surface area contributed by atoms with E-state index < -0.39 is 17.6 Å². The quantitative estimate of drug-likeness (QED) is 0.236. The van der Waals surface area contributed by atoms with Crippen LogP contribution in [0, 0.1) is 34.3 Å². The monoisotopic (exact) mass is 480 g/mol.